The molecule has 1 aliphatic rings. The van der Waals surface area contributed by atoms with Gasteiger partial charge in [-0.3, -0.25) is 4.79 Å². The number of sulfonamides is 1. The van der Waals surface area contributed by atoms with Crippen LogP contribution in [-0.2, 0) is 27.8 Å². The fourth-order valence-corrected chi connectivity index (χ4v) is 5.60. The molecule has 0 saturated heterocycles. The minimum atomic E-state index is -4.12. The Bertz CT molecular complexity index is 1660. The van der Waals surface area contributed by atoms with Crippen molar-refractivity contribution in [2.75, 3.05) is 12.4 Å². The molecule has 1 aliphatic carbocycles. The van der Waals surface area contributed by atoms with E-state index in [1.165, 1.54) is 25.3 Å². The third kappa shape index (κ3) is 6.27. The van der Waals surface area contributed by atoms with Crippen molar-refractivity contribution < 1.29 is 26.6 Å². The summed E-state index contributed by atoms with van der Waals surface area (Å²) in [6.45, 7) is -0.0887. The molecule has 0 radical (unpaired) electrons. The Balaban J connectivity index is 1.44. The topological polar surface area (TPSA) is 112 Å². The number of carbonyl (C=O) groups excluding carboxylic acids is 1. The molecule has 4 aromatic rings. The maximum atomic E-state index is 14.0. The zero-order valence-electron chi connectivity index (χ0n) is 21.4. The van der Waals surface area contributed by atoms with Gasteiger partial charge in [-0.25, -0.2) is 22.5 Å². The van der Waals surface area contributed by atoms with Gasteiger partial charge in [0.1, 0.15) is 34.1 Å². The molecule has 1 amide bonds. The van der Waals surface area contributed by atoms with Crippen LogP contribution in [0.1, 0.15) is 35.6 Å². The van der Waals surface area contributed by atoms with Crippen LogP contribution in [0.4, 0.5) is 10.1 Å². The van der Waals surface area contributed by atoms with Crippen LogP contribution in [0.3, 0.4) is 0 Å². The van der Waals surface area contributed by atoms with Crippen molar-refractivity contribution in [1.29, 1.82) is 0 Å². The van der Waals surface area contributed by atoms with Crippen LogP contribution < -0.4 is 19.1 Å². The third-order valence-corrected chi connectivity index (χ3v) is 8.13. The molecule has 0 atom stereocenters. The lowest BCUT2D eigenvalue weighted by Crippen LogP contribution is -2.25. The predicted molar refractivity (Wildman–Crippen MR) is 148 cm³/mol. The Labute approximate surface area is 236 Å². The van der Waals surface area contributed by atoms with Gasteiger partial charge in [0.25, 0.3) is 0 Å². The lowest BCUT2D eigenvalue weighted by Gasteiger charge is -2.16. The largest absolute Gasteiger partial charge is 0.496 e. The quantitative estimate of drug-likeness (QED) is 0.254. The maximum Gasteiger partial charge on any atom is 0.243 e. The number of ether oxygens (including phenoxy) is 1. The molecular weight excluding hydrogens is 559 g/mol. The average Bonchev–Trinajstić information content (AvgIpc) is 3.69. The van der Waals surface area contributed by atoms with Crippen LogP contribution in [0, 0.1) is 5.82 Å². The van der Waals surface area contributed by atoms with E-state index < -0.39 is 21.7 Å². The van der Waals surface area contributed by atoms with E-state index in [1.54, 1.807) is 53.4 Å². The van der Waals surface area contributed by atoms with Crippen molar-refractivity contribution in [3.8, 4) is 17.2 Å². The van der Waals surface area contributed by atoms with Crippen molar-refractivity contribution >= 4 is 33.5 Å². The molecule has 0 unspecified atom stereocenters. The molecule has 0 spiro atoms. The summed E-state index contributed by atoms with van der Waals surface area (Å²) in [7, 11) is -2.67. The normalized spacial score (nSPS) is 13.2. The van der Waals surface area contributed by atoms with Crippen molar-refractivity contribution in [1.82, 2.24) is 14.3 Å². The molecule has 1 aromatic heterocycles. The Hall–Kier alpha value is -3.93. The third-order valence-electron chi connectivity index (χ3n) is 6.52. The van der Waals surface area contributed by atoms with Gasteiger partial charge in [0, 0.05) is 36.0 Å². The highest BCUT2D eigenvalue weighted by Gasteiger charge is 2.27. The molecule has 12 heteroatoms. The van der Waals surface area contributed by atoms with Gasteiger partial charge in [0.2, 0.25) is 15.9 Å². The van der Waals surface area contributed by atoms with Gasteiger partial charge in [-0.2, -0.15) is 0 Å². The summed E-state index contributed by atoms with van der Waals surface area (Å²) in [6, 6.07) is 15.3. The first kappa shape index (κ1) is 27.6. The maximum absolute atomic E-state index is 14.0. The second-order valence-corrected chi connectivity index (χ2v) is 11.2. The van der Waals surface area contributed by atoms with Gasteiger partial charge >= 0.3 is 0 Å². The number of benzene rings is 3. The number of hydrogen-bond acceptors (Lipinski definition) is 6. The van der Waals surface area contributed by atoms with E-state index in [0.717, 1.165) is 18.5 Å². The molecule has 208 valence electrons. The van der Waals surface area contributed by atoms with Gasteiger partial charge in [-0.15, -0.1) is 0 Å². The number of amides is 1. The first-order valence-corrected chi connectivity index (χ1v) is 14.2. The zero-order chi connectivity index (χ0) is 28.3. The van der Waals surface area contributed by atoms with Crippen LogP contribution in [0.25, 0.3) is 5.69 Å². The molecule has 9 nitrogen and oxygen atoms in total. The molecule has 1 heterocycles. The summed E-state index contributed by atoms with van der Waals surface area (Å²) in [5.74, 6) is 0.132. The van der Waals surface area contributed by atoms with Gasteiger partial charge in [-0.05, 0) is 48.7 Å². The van der Waals surface area contributed by atoms with Crippen molar-refractivity contribution in [3.63, 3.8) is 0 Å². The number of carbonyl (C=O) groups is 1. The monoisotopic (exact) mass is 584 g/mol. The molecule has 40 heavy (non-hydrogen) atoms. The molecule has 1 saturated carbocycles. The van der Waals surface area contributed by atoms with Crippen molar-refractivity contribution in [2.24, 2.45) is 0 Å². The summed E-state index contributed by atoms with van der Waals surface area (Å²) in [4.78, 5) is 17.0. The van der Waals surface area contributed by atoms with Crippen molar-refractivity contribution in [3.05, 3.63) is 95.8 Å². The second kappa shape index (κ2) is 11.7. The van der Waals surface area contributed by atoms with Crippen LogP contribution in [-0.4, -0.2) is 31.0 Å². The van der Waals surface area contributed by atoms with E-state index in [9.17, 15) is 17.6 Å². The summed E-state index contributed by atoms with van der Waals surface area (Å²) in [6.07, 6.45) is 5.28. The highest BCUT2D eigenvalue weighted by atomic mass is 35.5. The minimum absolute atomic E-state index is 0.0735. The van der Waals surface area contributed by atoms with E-state index in [0.29, 0.717) is 28.7 Å². The molecule has 3 aromatic carbocycles. The number of hydrogen-bond donors (Lipinski definition) is 2. The first-order chi connectivity index (χ1) is 19.3. The molecular formula is C28H26ClFN4O5S. The lowest BCUT2D eigenvalue weighted by atomic mass is 10.1. The Morgan fingerprint density at radius 1 is 1.12 bits per heavy atom. The van der Waals surface area contributed by atoms with Gasteiger partial charge in [0.15, 0.2) is 0 Å². The number of aromatic nitrogens is 2. The Kier molecular flexibility index (Phi) is 8.06. The predicted octanol–water partition coefficient (Wildman–Crippen LogP) is 5.09. The number of rotatable bonds is 11. The van der Waals surface area contributed by atoms with Crippen LogP contribution in [0.2, 0.25) is 0 Å². The number of anilines is 1. The first-order valence-electron chi connectivity index (χ1n) is 12.4. The SMILES string of the molecule is COc1cc(OCl)ccc1CNS(=O)(=O)c1cc(NC(=O)Cc2ccccc2F)ccc1-n1cnc(C2CC2)c1. The molecule has 0 bridgehead atoms. The van der Waals surface area contributed by atoms with Gasteiger partial charge < -0.3 is 18.9 Å². The fourth-order valence-electron chi connectivity index (χ4n) is 4.27. The molecule has 0 aliphatic heterocycles. The Morgan fingerprint density at radius 2 is 1.93 bits per heavy atom. The smallest absolute Gasteiger partial charge is 0.243 e. The number of halogens is 2. The van der Waals surface area contributed by atoms with E-state index in [1.807, 2.05) is 6.20 Å². The zero-order valence-corrected chi connectivity index (χ0v) is 23.0. The van der Waals surface area contributed by atoms with Gasteiger partial charge in [-0.1, -0.05) is 24.3 Å². The summed E-state index contributed by atoms with van der Waals surface area (Å²) >= 11 is 5.42. The number of nitrogens with one attached hydrogen (secondary N) is 2. The molecule has 1 fully saturated rings. The van der Waals surface area contributed by atoms with E-state index in [2.05, 4.69) is 15.0 Å². The number of methoxy groups -OCH3 is 1. The van der Waals surface area contributed by atoms with E-state index in [4.69, 9.17) is 20.9 Å². The van der Waals surface area contributed by atoms with E-state index in [-0.39, 0.29) is 29.1 Å². The number of imidazole rings is 1. The second-order valence-electron chi connectivity index (χ2n) is 9.35. The summed E-state index contributed by atoms with van der Waals surface area (Å²) in [5.41, 5.74) is 2.28. The summed E-state index contributed by atoms with van der Waals surface area (Å²) in [5, 5.41) is 2.68. The molecule has 5 rings (SSSR count). The van der Waals surface area contributed by atoms with Crippen LogP contribution in [0.15, 0.2) is 78.1 Å². The van der Waals surface area contributed by atoms with Crippen LogP contribution in [0.5, 0.6) is 11.5 Å². The summed E-state index contributed by atoms with van der Waals surface area (Å²) < 4.78 is 55.6. The van der Waals surface area contributed by atoms with Crippen LogP contribution >= 0.6 is 11.9 Å². The Morgan fingerprint density at radius 3 is 2.65 bits per heavy atom. The minimum Gasteiger partial charge on any atom is -0.496 e. The fraction of sp³-hybridized carbons (Fsp3) is 0.214. The number of nitrogens with zero attached hydrogens (tertiary/aromatic N) is 2. The van der Waals surface area contributed by atoms with Gasteiger partial charge in [0.05, 0.1) is 31.2 Å². The van der Waals surface area contributed by atoms with Crippen molar-refractivity contribution in [2.45, 2.75) is 36.6 Å². The highest BCUT2D eigenvalue weighted by Crippen LogP contribution is 2.39. The van der Waals surface area contributed by atoms with E-state index >= 15 is 0 Å². The lowest BCUT2D eigenvalue weighted by molar-refractivity contribution is -0.115. The average molecular weight is 585 g/mol. The standard InChI is InChI=1S/C28H26ClFN4O5S/c1-38-26-14-22(39-29)10-8-20(26)15-32-40(36,37)27-13-21(33-28(35)12-19-4-2-3-5-23(19)30)9-11-25(27)34-16-24(31-17-34)18-6-7-18/h2-5,8-11,13-14,16-18,32H,6-7,12,15H2,1H3,(H,33,35). The highest BCUT2D eigenvalue weighted by molar-refractivity contribution is 7.89. The molecule has 2 N–H and O–H groups in total.